The molecule has 0 bridgehead atoms. The summed E-state index contributed by atoms with van der Waals surface area (Å²) < 4.78 is 10.3. The fourth-order valence-electron chi connectivity index (χ4n) is 3.27. The first-order chi connectivity index (χ1) is 12.6. The molecule has 1 amide bonds. The fraction of sp³-hybridized carbons (Fsp3) is 0.333. The Balaban J connectivity index is 1.49. The Bertz CT molecular complexity index is 785. The Morgan fingerprint density at radius 3 is 2.58 bits per heavy atom. The topological polar surface area (TPSA) is 55.8 Å². The second kappa shape index (κ2) is 8.04. The summed E-state index contributed by atoms with van der Waals surface area (Å²) in [7, 11) is 1.61. The minimum Gasteiger partial charge on any atom is -0.497 e. The first-order valence-corrected chi connectivity index (χ1v) is 8.77. The van der Waals surface area contributed by atoms with Gasteiger partial charge in [0.05, 0.1) is 7.11 Å². The Labute approximate surface area is 153 Å². The normalized spacial score (nSPS) is 15.5. The summed E-state index contributed by atoms with van der Waals surface area (Å²) in [4.78, 5) is 26.2. The predicted octanol–water partition coefficient (Wildman–Crippen LogP) is 3.15. The number of para-hydroxylation sites is 1. The molecule has 0 unspecified atom stereocenters. The largest absolute Gasteiger partial charge is 0.497 e. The number of benzene rings is 2. The van der Waals surface area contributed by atoms with Gasteiger partial charge in [-0.1, -0.05) is 30.3 Å². The van der Waals surface area contributed by atoms with E-state index in [1.54, 1.807) is 12.0 Å². The molecule has 0 aromatic heterocycles. The molecule has 5 heteroatoms. The van der Waals surface area contributed by atoms with Crippen molar-refractivity contribution in [3.05, 3.63) is 59.7 Å². The second-order valence-electron chi connectivity index (χ2n) is 6.45. The van der Waals surface area contributed by atoms with E-state index < -0.39 is 0 Å². The van der Waals surface area contributed by atoms with Gasteiger partial charge in [0.1, 0.15) is 5.75 Å². The third-order valence-electron chi connectivity index (χ3n) is 4.61. The number of rotatable bonds is 6. The molecule has 2 aromatic rings. The highest BCUT2D eigenvalue weighted by molar-refractivity contribution is 5.97. The highest BCUT2D eigenvalue weighted by Gasteiger charge is 2.30. The van der Waals surface area contributed by atoms with Crippen molar-refractivity contribution >= 4 is 17.6 Å². The summed E-state index contributed by atoms with van der Waals surface area (Å²) in [6.07, 6.45) is 1.64. The van der Waals surface area contributed by atoms with E-state index in [1.165, 1.54) is 0 Å². The van der Waals surface area contributed by atoms with Crippen LogP contribution >= 0.6 is 0 Å². The van der Waals surface area contributed by atoms with Gasteiger partial charge in [-0.15, -0.1) is 0 Å². The van der Waals surface area contributed by atoms with Crippen LogP contribution in [0.5, 0.6) is 5.75 Å². The number of ether oxygens (including phenoxy) is 2. The van der Waals surface area contributed by atoms with E-state index in [9.17, 15) is 9.59 Å². The van der Waals surface area contributed by atoms with Gasteiger partial charge < -0.3 is 14.4 Å². The van der Waals surface area contributed by atoms with Gasteiger partial charge >= 0.3 is 5.97 Å². The average Bonchev–Trinajstić information content (AvgIpc) is 3.00. The number of carbonyl (C=O) groups is 2. The van der Waals surface area contributed by atoms with Gasteiger partial charge in [0, 0.05) is 18.2 Å². The lowest BCUT2D eigenvalue weighted by Crippen LogP contribution is -2.38. The molecular weight excluding hydrogens is 330 g/mol. The van der Waals surface area contributed by atoms with Crippen LogP contribution in [0.1, 0.15) is 24.5 Å². The van der Waals surface area contributed by atoms with Gasteiger partial charge in [-0.05, 0) is 49.1 Å². The highest BCUT2D eigenvalue weighted by atomic mass is 16.5. The summed E-state index contributed by atoms with van der Waals surface area (Å²) in [6.45, 7) is 1.78. The van der Waals surface area contributed by atoms with Crippen molar-refractivity contribution in [2.45, 2.75) is 32.2 Å². The van der Waals surface area contributed by atoms with Crippen molar-refractivity contribution in [1.82, 2.24) is 0 Å². The maximum atomic E-state index is 12.5. The minimum atomic E-state index is -0.366. The van der Waals surface area contributed by atoms with E-state index in [-0.39, 0.29) is 30.9 Å². The maximum Gasteiger partial charge on any atom is 0.306 e. The number of carbonyl (C=O) groups excluding carboxylic acids is 2. The van der Waals surface area contributed by atoms with E-state index in [4.69, 9.17) is 9.47 Å². The van der Waals surface area contributed by atoms with Crippen molar-refractivity contribution in [2.24, 2.45) is 0 Å². The molecule has 2 aromatic carbocycles. The van der Waals surface area contributed by atoms with Crippen LogP contribution in [-0.4, -0.2) is 31.6 Å². The summed E-state index contributed by atoms with van der Waals surface area (Å²) >= 11 is 0. The van der Waals surface area contributed by atoms with Crippen molar-refractivity contribution in [3.8, 4) is 5.75 Å². The Morgan fingerprint density at radius 1 is 1.12 bits per heavy atom. The molecule has 0 N–H and O–H groups in total. The molecular formula is C21H23NO4. The number of amides is 1. The summed E-state index contributed by atoms with van der Waals surface area (Å²) in [5, 5.41) is 0. The van der Waals surface area contributed by atoms with Crippen LogP contribution in [0, 0.1) is 0 Å². The summed E-state index contributed by atoms with van der Waals surface area (Å²) in [5.41, 5.74) is 3.09. The second-order valence-corrected chi connectivity index (χ2v) is 6.45. The molecule has 3 rings (SSSR count). The SMILES string of the molecule is COc1ccc(CCC(=O)OCC(=O)N2c3ccccc3C[C@@H]2C)cc1. The van der Waals surface area contributed by atoms with Gasteiger partial charge in [-0.2, -0.15) is 0 Å². The number of esters is 1. The van der Waals surface area contributed by atoms with E-state index in [1.807, 2.05) is 55.5 Å². The smallest absolute Gasteiger partial charge is 0.306 e. The molecule has 1 aliphatic heterocycles. The predicted molar refractivity (Wildman–Crippen MR) is 99.4 cm³/mol. The molecule has 0 radical (unpaired) electrons. The van der Waals surface area contributed by atoms with Gasteiger partial charge in [-0.3, -0.25) is 9.59 Å². The first kappa shape index (κ1) is 18.0. The molecule has 0 spiro atoms. The molecule has 0 saturated carbocycles. The Morgan fingerprint density at radius 2 is 1.85 bits per heavy atom. The van der Waals surface area contributed by atoms with E-state index in [0.717, 1.165) is 29.0 Å². The lowest BCUT2D eigenvalue weighted by molar-refractivity contribution is -0.147. The van der Waals surface area contributed by atoms with Crippen LogP contribution in [0.15, 0.2) is 48.5 Å². The van der Waals surface area contributed by atoms with E-state index >= 15 is 0 Å². The molecule has 0 saturated heterocycles. The molecule has 26 heavy (non-hydrogen) atoms. The quantitative estimate of drug-likeness (QED) is 0.749. The first-order valence-electron chi connectivity index (χ1n) is 8.77. The van der Waals surface area contributed by atoms with Crippen molar-refractivity contribution in [3.63, 3.8) is 0 Å². The molecule has 5 nitrogen and oxygen atoms in total. The Kier molecular flexibility index (Phi) is 5.56. The average molecular weight is 353 g/mol. The summed E-state index contributed by atoms with van der Waals surface area (Å²) in [5.74, 6) is 0.233. The zero-order chi connectivity index (χ0) is 18.5. The molecule has 136 valence electrons. The number of anilines is 1. The van der Waals surface area contributed by atoms with Gasteiger partial charge in [0.15, 0.2) is 6.61 Å². The van der Waals surface area contributed by atoms with Crippen molar-refractivity contribution in [2.75, 3.05) is 18.6 Å². The van der Waals surface area contributed by atoms with Crippen LogP contribution in [0.4, 0.5) is 5.69 Å². The van der Waals surface area contributed by atoms with Crippen LogP contribution in [0.2, 0.25) is 0 Å². The number of methoxy groups -OCH3 is 1. The van der Waals surface area contributed by atoms with Crippen LogP contribution in [-0.2, 0) is 27.2 Å². The van der Waals surface area contributed by atoms with Crippen LogP contribution in [0.25, 0.3) is 0 Å². The number of nitrogens with zero attached hydrogens (tertiary/aromatic N) is 1. The van der Waals surface area contributed by atoms with Gasteiger partial charge in [-0.25, -0.2) is 0 Å². The van der Waals surface area contributed by atoms with Crippen LogP contribution in [0.3, 0.4) is 0 Å². The number of hydrogen-bond acceptors (Lipinski definition) is 4. The number of fused-ring (bicyclic) bond motifs is 1. The minimum absolute atomic E-state index is 0.0814. The van der Waals surface area contributed by atoms with Gasteiger partial charge in [0.2, 0.25) is 0 Å². The molecule has 1 aliphatic rings. The summed E-state index contributed by atoms with van der Waals surface area (Å²) in [6, 6.07) is 15.5. The number of aryl methyl sites for hydroxylation is 1. The molecule has 1 atom stereocenters. The number of hydrogen-bond donors (Lipinski definition) is 0. The molecule has 0 aliphatic carbocycles. The van der Waals surface area contributed by atoms with Crippen molar-refractivity contribution < 1.29 is 19.1 Å². The molecule has 0 fully saturated rings. The lowest BCUT2D eigenvalue weighted by Gasteiger charge is -2.22. The lowest BCUT2D eigenvalue weighted by atomic mass is 10.1. The van der Waals surface area contributed by atoms with Crippen LogP contribution < -0.4 is 9.64 Å². The fourth-order valence-corrected chi connectivity index (χ4v) is 3.27. The third-order valence-corrected chi connectivity index (χ3v) is 4.61. The zero-order valence-electron chi connectivity index (χ0n) is 15.1. The van der Waals surface area contributed by atoms with Gasteiger partial charge in [0.25, 0.3) is 5.91 Å². The monoisotopic (exact) mass is 353 g/mol. The molecule has 1 heterocycles. The van der Waals surface area contributed by atoms with E-state index in [2.05, 4.69) is 0 Å². The standard InChI is InChI=1S/C21H23NO4/c1-15-13-17-5-3-4-6-19(17)22(15)20(23)14-26-21(24)12-9-16-7-10-18(25-2)11-8-16/h3-8,10-11,15H,9,12-14H2,1-2H3/t15-/m0/s1. The van der Waals surface area contributed by atoms with E-state index in [0.29, 0.717) is 6.42 Å². The maximum absolute atomic E-state index is 12.5. The third kappa shape index (κ3) is 4.04. The highest BCUT2D eigenvalue weighted by Crippen LogP contribution is 2.31. The van der Waals surface area contributed by atoms with Crippen molar-refractivity contribution in [1.29, 1.82) is 0 Å². The zero-order valence-corrected chi connectivity index (χ0v) is 15.1. The Hall–Kier alpha value is -2.82.